The van der Waals surface area contributed by atoms with Crippen LogP contribution in [0.2, 0.25) is 0 Å². The number of amides is 2. The molecule has 0 aromatic carbocycles. The van der Waals surface area contributed by atoms with Gasteiger partial charge in [0.1, 0.15) is 6.29 Å². The van der Waals surface area contributed by atoms with E-state index < -0.39 is 6.04 Å². The summed E-state index contributed by atoms with van der Waals surface area (Å²) in [6, 6.07) is -0.783. The van der Waals surface area contributed by atoms with E-state index in [4.69, 9.17) is 0 Å². The second-order valence-corrected chi connectivity index (χ2v) is 5.83. The Labute approximate surface area is 91.8 Å². The van der Waals surface area contributed by atoms with Crippen LogP contribution in [-0.2, 0) is 4.79 Å². The summed E-state index contributed by atoms with van der Waals surface area (Å²) in [6.45, 7) is 11.4. The fourth-order valence-electron chi connectivity index (χ4n) is 0.973. The van der Waals surface area contributed by atoms with Crippen molar-refractivity contribution in [2.75, 3.05) is 0 Å². The van der Waals surface area contributed by atoms with Crippen molar-refractivity contribution in [2.45, 2.75) is 53.1 Å². The van der Waals surface area contributed by atoms with E-state index in [2.05, 4.69) is 10.6 Å². The zero-order valence-corrected chi connectivity index (χ0v) is 10.5. The van der Waals surface area contributed by atoms with Crippen LogP contribution in [-0.4, -0.2) is 23.9 Å². The number of carbonyl (C=O) groups is 2. The number of aldehydes is 1. The molecule has 0 aliphatic rings. The van der Waals surface area contributed by atoms with Crippen molar-refractivity contribution in [3.63, 3.8) is 0 Å². The Hall–Kier alpha value is -1.06. The summed E-state index contributed by atoms with van der Waals surface area (Å²) < 4.78 is 0. The third kappa shape index (κ3) is 6.10. The summed E-state index contributed by atoms with van der Waals surface area (Å²) in [7, 11) is 0. The lowest BCUT2D eigenvalue weighted by Crippen LogP contribution is -2.53. The van der Waals surface area contributed by atoms with E-state index in [0.29, 0.717) is 0 Å². The largest absolute Gasteiger partial charge is 0.334 e. The monoisotopic (exact) mass is 214 g/mol. The molecule has 88 valence electrons. The highest BCUT2D eigenvalue weighted by molar-refractivity contribution is 5.78. The van der Waals surface area contributed by atoms with Crippen molar-refractivity contribution in [1.82, 2.24) is 10.6 Å². The molecule has 0 aliphatic carbocycles. The van der Waals surface area contributed by atoms with Crippen molar-refractivity contribution >= 4 is 12.3 Å². The molecule has 0 spiro atoms. The van der Waals surface area contributed by atoms with Crippen molar-refractivity contribution in [1.29, 1.82) is 0 Å². The molecular formula is C11H22N2O2. The van der Waals surface area contributed by atoms with Crippen LogP contribution < -0.4 is 10.6 Å². The lowest BCUT2D eigenvalue weighted by Gasteiger charge is -2.29. The highest BCUT2D eigenvalue weighted by Crippen LogP contribution is 2.17. The fourth-order valence-corrected chi connectivity index (χ4v) is 0.973. The maximum Gasteiger partial charge on any atom is 0.315 e. The molecule has 2 amide bonds. The van der Waals surface area contributed by atoms with Gasteiger partial charge in [0.15, 0.2) is 0 Å². The maximum atomic E-state index is 11.5. The third-order valence-electron chi connectivity index (χ3n) is 1.84. The van der Waals surface area contributed by atoms with Gasteiger partial charge in [-0.1, -0.05) is 20.8 Å². The predicted octanol–water partition coefficient (Wildman–Crippen LogP) is 1.70. The van der Waals surface area contributed by atoms with E-state index in [1.165, 1.54) is 0 Å². The third-order valence-corrected chi connectivity index (χ3v) is 1.84. The van der Waals surface area contributed by atoms with Crippen LogP contribution >= 0.6 is 0 Å². The smallest absolute Gasteiger partial charge is 0.315 e. The molecule has 2 N–H and O–H groups in total. The van der Waals surface area contributed by atoms with Crippen LogP contribution in [0.3, 0.4) is 0 Å². The molecule has 15 heavy (non-hydrogen) atoms. The highest BCUT2D eigenvalue weighted by atomic mass is 16.2. The summed E-state index contributed by atoms with van der Waals surface area (Å²) >= 11 is 0. The second kappa shape index (κ2) is 4.64. The molecule has 0 aliphatic heterocycles. The minimum atomic E-state index is -0.472. The number of hydrogen-bond acceptors (Lipinski definition) is 2. The maximum absolute atomic E-state index is 11.5. The number of hydrogen-bond donors (Lipinski definition) is 2. The normalized spacial score (nSPS) is 14.3. The van der Waals surface area contributed by atoms with Gasteiger partial charge in [0.2, 0.25) is 0 Å². The Morgan fingerprint density at radius 1 is 1.13 bits per heavy atom. The molecule has 4 heteroatoms. The van der Waals surface area contributed by atoms with Gasteiger partial charge >= 0.3 is 6.03 Å². The second-order valence-electron chi connectivity index (χ2n) is 5.83. The van der Waals surface area contributed by atoms with Crippen molar-refractivity contribution in [3.8, 4) is 0 Å². The van der Waals surface area contributed by atoms with Gasteiger partial charge in [0.25, 0.3) is 0 Å². The molecule has 4 nitrogen and oxygen atoms in total. The SMILES string of the molecule is CC(C)(C)NC(=O)N[C@H](C=O)C(C)(C)C. The molecule has 0 fully saturated rings. The quantitative estimate of drug-likeness (QED) is 0.687. The minimum Gasteiger partial charge on any atom is -0.334 e. The van der Waals surface area contributed by atoms with E-state index >= 15 is 0 Å². The molecule has 0 bridgehead atoms. The zero-order valence-electron chi connectivity index (χ0n) is 10.5. The van der Waals surface area contributed by atoms with Crippen molar-refractivity contribution < 1.29 is 9.59 Å². The molecule has 0 heterocycles. The van der Waals surface area contributed by atoms with Crippen LogP contribution in [0.5, 0.6) is 0 Å². The molecule has 0 aromatic heterocycles. The average Bonchev–Trinajstić information content (AvgIpc) is 1.94. The number of carbonyl (C=O) groups excluding carboxylic acids is 2. The zero-order chi connectivity index (χ0) is 12.3. The topological polar surface area (TPSA) is 58.2 Å². The van der Waals surface area contributed by atoms with E-state index in [-0.39, 0.29) is 17.0 Å². The van der Waals surface area contributed by atoms with Gasteiger partial charge in [-0.05, 0) is 26.2 Å². The van der Waals surface area contributed by atoms with Gasteiger partial charge in [-0.15, -0.1) is 0 Å². The van der Waals surface area contributed by atoms with Crippen molar-refractivity contribution in [2.24, 2.45) is 5.41 Å². The molecule has 0 radical (unpaired) electrons. The van der Waals surface area contributed by atoms with E-state index in [9.17, 15) is 9.59 Å². The lowest BCUT2D eigenvalue weighted by molar-refractivity contribution is -0.111. The van der Waals surface area contributed by atoms with E-state index in [1.54, 1.807) is 0 Å². The molecule has 0 aromatic rings. The Morgan fingerprint density at radius 3 is 1.87 bits per heavy atom. The van der Waals surface area contributed by atoms with Gasteiger partial charge in [-0.2, -0.15) is 0 Å². The van der Waals surface area contributed by atoms with Crippen LogP contribution in [0.4, 0.5) is 4.79 Å². The first-order chi connectivity index (χ1) is 6.56. The van der Waals surface area contributed by atoms with Gasteiger partial charge in [-0.25, -0.2) is 4.79 Å². The predicted molar refractivity (Wildman–Crippen MR) is 60.7 cm³/mol. The summed E-state index contributed by atoms with van der Waals surface area (Å²) in [6.07, 6.45) is 0.766. The van der Waals surface area contributed by atoms with Crippen LogP contribution in [0, 0.1) is 5.41 Å². The van der Waals surface area contributed by atoms with Gasteiger partial charge in [0, 0.05) is 5.54 Å². The fraction of sp³-hybridized carbons (Fsp3) is 0.818. The molecule has 0 rings (SSSR count). The molecular weight excluding hydrogens is 192 g/mol. The van der Waals surface area contributed by atoms with Crippen LogP contribution in [0.1, 0.15) is 41.5 Å². The summed E-state index contributed by atoms with van der Waals surface area (Å²) in [4.78, 5) is 22.3. The Kier molecular flexibility index (Phi) is 4.31. The standard InChI is InChI=1S/C11H22N2O2/c1-10(2,3)8(7-14)12-9(15)13-11(4,5)6/h7-8H,1-6H3,(H2,12,13,15)/t8-/m1/s1. The molecule has 0 saturated carbocycles. The summed E-state index contributed by atoms with van der Waals surface area (Å²) in [5.41, 5.74) is -0.563. The molecule has 0 saturated heterocycles. The number of nitrogens with one attached hydrogen (secondary N) is 2. The Morgan fingerprint density at radius 2 is 1.60 bits per heavy atom. The first-order valence-corrected chi connectivity index (χ1v) is 5.10. The van der Waals surface area contributed by atoms with E-state index in [0.717, 1.165) is 6.29 Å². The van der Waals surface area contributed by atoms with Gasteiger partial charge < -0.3 is 15.4 Å². The molecule has 0 unspecified atom stereocenters. The Bertz CT molecular complexity index is 236. The highest BCUT2D eigenvalue weighted by Gasteiger charge is 2.26. The van der Waals surface area contributed by atoms with Crippen LogP contribution in [0.25, 0.3) is 0 Å². The minimum absolute atomic E-state index is 0.267. The Balaban J connectivity index is 4.33. The van der Waals surface area contributed by atoms with E-state index in [1.807, 2.05) is 41.5 Å². The van der Waals surface area contributed by atoms with Gasteiger partial charge in [0.05, 0.1) is 6.04 Å². The lowest BCUT2D eigenvalue weighted by atomic mass is 9.88. The first kappa shape index (κ1) is 13.9. The van der Waals surface area contributed by atoms with Crippen LogP contribution in [0.15, 0.2) is 0 Å². The summed E-state index contributed by atoms with van der Waals surface area (Å²) in [5.74, 6) is 0. The summed E-state index contributed by atoms with van der Waals surface area (Å²) in [5, 5.41) is 5.39. The number of rotatable bonds is 2. The number of urea groups is 1. The average molecular weight is 214 g/mol. The molecule has 1 atom stereocenters. The van der Waals surface area contributed by atoms with Crippen molar-refractivity contribution in [3.05, 3.63) is 0 Å². The van der Waals surface area contributed by atoms with Gasteiger partial charge in [-0.3, -0.25) is 0 Å². The first-order valence-electron chi connectivity index (χ1n) is 5.10.